The Kier molecular flexibility index (Phi) is 5.08. The van der Waals surface area contributed by atoms with Gasteiger partial charge < -0.3 is 14.7 Å². The summed E-state index contributed by atoms with van der Waals surface area (Å²) < 4.78 is 39.5. The monoisotopic (exact) mass is 376 g/mol. The average molecular weight is 376 g/mol. The van der Waals surface area contributed by atoms with E-state index in [0.717, 1.165) is 17.7 Å². The van der Waals surface area contributed by atoms with Gasteiger partial charge in [-0.05, 0) is 24.3 Å². The molecule has 0 bridgehead atoms. The molecule has 27 heavy (non-hydrogen) atoms. The van der Waals surface area contributed by atoms with Gasteiger partial charge in [0.1, 0.15) is 6.07 Å². The van der Waals surface area contributed by atoms with E-state index in [1.807, 2.05) is 40.9 Å². The number of nitriles is 1. The third-order valence-electron chi connectivity index (χ3n) is 4.50. The third kappa shape index (κ3) is 3.89. The largest absolute Gasteiger partial charge is 0.417 e. The van der Waals surface area contributed by atoms with Crippen LogP contribution in [0.25, 0.3) is 0 Å². The van der Waals surface area contributed by atoms with Gasteiger partial charge in [0.25, 0.3) is 0 Å². The van der Waals surface area contributed by atoms with Gasteiger partial charge in [0.15, 0.2) is 11.6 Å². The molecule has 3 rings (SSSR count). The maximum absolute atomic E-state index is 13.2. The Balaban J connectivity index is 1.75. The molecular weight excluding hydrogens is 357 g/mol. The van der Waals surface area contributed by atoms with Crippen LogP contribution >= 0.6 is 0 Å². The normalized spacial score (nSPS) is 14.8. The summed E-state index contributed by atoms with van der Waals surface area (Å²) in [5, 5.41) is 17.7. The van der Waals surface area contributed by atoms with E-state index in [0.29, 0.717) is 31.9 Å². The van der Waals surface area contributed by atoms with Crippen molar-refractivity contribution in [2.75, 3.05) is 55.0 Å². The highest BCUT2D eigenvalue weighted by atomic mass is 19.4. The lowest BCUT2D eigenvalue weighted by atomic mass is 10.0. The van der Waals surface area contributed by atoms with E-state index >= 15 is 0 Å². The van der Waals surface area contributed by atoms with Gasteiger partial charge in [-0.25, -0.2) is 0 Å². The molecule has 1 aliphatic rings. The highest BCUT2D eigenvalue weighted by molar-refractivity contribution is 5.64. The minimum Gasteiger partial charge on any atom is -0.367 e. The van der Waals surface area contributed by atoms with Gasteiger partial charge in [-0.15, -0.1) is 10.2 Å². The van der Waals surface area contributed by atoms with E-state index in [1.54, 1.807) is 12.1 Å². The summed E-state index contributed by atoms with van der Waals surface area (Å²) in [6, 6.07) is 9.33. The van der Waals surface area contributed by atoms with E-state index in [-0.39, 0.29) is 5.56 Å². The first-order chi connectivity index (χ1) is 12.8. The Morgan fingerprint density at radius 1 is 1.00 bits per heavy atom. The maximum Gasteiger partial charge on any atom is 0.417 e. The van der Waals surface area contributed by atoms with Crippen LogP contribution in [-0.4, -0.2) is 50.5 Å². The smallest absolute Gasteiger partial charge is 0.367 e. The van der Waals surface area contributed by atoms with E-state index in [4.69, 9.17) is 0 Å². The van der Waals surface area contributed by atoms with Crippen LogP contribution in [0.5, 0.6) is 0 Å². The van der Waals surface area contributed by atoms with Crippen LogP contribution in [0.3, 0.4) is 0 Å². The Morgan fingerprint density at radius 2 is 1.67 bits per heavy atom. The Bertz CT molecular complexity index is 834. The first-order valence-electron chi connectivity index (χ1n) is 8.42. The van der Waals surface area contributed by atoms with Gasteiger partial charge >= 0.3 is 6.18 Å². The number of piperazine rings is 1. The Morgan fingerprint density at radius 3 is 2.19 bits per heavy atom. The van der Waals surface area contributed by atoms with Crippen molar-refractivity contribution in [3.63, 3.8) is 0 Å². The molecule has 0 amide bonds. The highest BCUT2D eigenvalue weighted by Crippen LogP contribution is 2.36. The van der Waals surface area contributed by atoms with Crippen LogP contribution < -0.4 is 14.7 Å². The number of benzene rings is 1. The van der Waals surface area contributed by atoms with Crippen molar-refractivity contribution < 1.29 is 13.2 Å². The molecule has 0 spiro atoms. The topological polar surface area (TPSA) is 59.3 Å². The Labute approximate surface area is 155 Å². The summed E-state index contributed by atoms with van der Waals surface area (Å²) in [4.78, 5) is 5.69. The summed E-state index contributed by atoms with van der Waals surface area (Å²) in [6.45, 7) is 2.15. The van der Waals surface area contributed by atoms with Crippen LogP contribution in [0, 0.1) is 11.3 Å². The summed E-state index contributed by atoms with van der Waals surface area (Å²) >= 11 is 0. The van der Waals surface area contributed by atoms with Gasteiger partial charge in [0.2, 0.25) is 0 Å². The lowest BCUT2D eigenvalue weighted by molar-refractivity contribution is -0.137. The molecule has 2 aromatic rings. The number of halogens is 3. The molecule has 0 unspecified atom stereocenters. The van der Waals surface area contributed by atoms with Crippen molar-refractivity contribution >= 4 is 17.3 Å². The number of anilines is 3. The fraction of sp³-hybridized carbons (Fsp3) is 0.389. The molecule has 142 valence electrons. The summed E-state index contributed by atoms with van der Waals surface area (Å²) in [7, 11) is 3.76. The number of hydrogen-bond acceptors (Lipinski definition) is 6. The van der Waals surface area contributed by atoms with Gasteiger partial charge in [-0.2, -0.15) is 18.4 Å². The number of hydrogen-bond donors (Lipinski definition) is 0. The molecule has 0 atom stereocenters. The van der Waals surface area contributed by atoms with E-state index in [1.165, 1.54) is 6.07 Å². The SMILES string of the molecule is CN(C)c1ccc(N2CCN(c3cccc(C(F)(F)F)c3C#N)CC2)nn1. The quantitative estimate of drug-likeness (QED) is 0.821. The summed E-state index contributed by atoms with van der Waals surface area (Å²) in [5.74, 6) is 1.48. The molecule has 0 saturated carbocycles. The number of rotatable bonds is 3. The molecule has 2 heterocycles. The van der Waals surface area contributed by atoms with Gasteiger partial charge in [0.05, 0.1) is 16.8 Å². The van der Waals surface area contributed by atoms with E-state index in [2.05, 4.69) is 10.2 Å². The third-order valence-corrected chi connectivity index (χ3v) is 4.50. The van der Waals surface area contributed by atoms with Crippen LogP contribution in [0.15, 0.2) is 30.3 Å². The molecule has 0 N–H and O–H groups in total. The molecule has 6 nitrogen and oxygen atoms in total. The predicted octanol–water partition coefficient (Wildman–Crippen LogP) is 2.76. The number of nitrogens with zero attached hydrogens (tertiary/aromatic N) is 6. The van der Waals surface area contributed by atoms with Crippen molar-refractivity contribution in [1.29, 1.82) is 5.26 Å². The standard InChI is InChI=1S/C18H19F3N6/c1-25(2)16-6-7-17(24-23-16)27-10-8-26(9-11-27)15-5-3-4-14(13(15)12-22)18(19,20)21/h3-7H,8-11H2,1-2H3. The van der Waals surface area contributed by atoms with Gasteiger partial charge in [-0.1, -0.05) is 6.07 Å². The molecule has 1 aromatic carbocycles. The van der Waals surface area contributed by atoms with Crippen molar-refractivity contribution in [2.45, 2.75) is 6.18 Å². The zero-order chi connectivity index (χ0) is 19.6. The highest BCUT2D eigenvalue weighted by Gasteiger charge is 2.35. The van der Waals surface area contributed by atoms with Crippen LogP contribution in [0.1, 0.15) is 11.1 Å². The van der Waals surface area contributed by atoms with E-state index < -0.39 is 11.7 Å². The second-order valence-electron chi connectivity index (χ2n) is 6.43. The minimum atomic E-state index is -4.55. The van der Waals surface area contributed by atoms with Crippen molar-refractivity contribution in [2.24, 2.45) is 0 Å². The fourth-order valence-corrected chi connectivity index (χ4v) is 3.06. The average Bonchev–Trinajstić information content (AvgIpc) is 2.67. The second kappa shape index (κ2) is 7.31. The van der Waals surface area contributed by atoms with Crippen molar-refractivity contribution in [3.05, 3.63) is 41.5 Å². The summed E-state index contributed by atoms with van der Waals surface area (Å²) in [6.07, 6.45) is -4.55. The molecular formula is C18H19F3N6. The molecule has 1 aliphatic heterocycles. The van der Waals surface area contributed by atoms with Crippen molar-refractivity contribution in [1.82, 2.24) is 10.2 Å². The zero-order valence-corrected chi connectivity index (χ0v) is 15.0. The lowest BCUT2D eigenvalue weighted by Crippen LogP contribution is -2.47. The minimum absolute atomic E-state index is 0.320. The van der Waals surface area contributed by atoms with E-state index in [9.17, 15) is 18.4 Å². The first kappa shape index (κ1) is 18.8. The molecule has 1 fully saturated rings. The van der Waals surface area contributed by atoms with Crippen LogP contribution in [0.2, 0.25) is 0 Å². The maximum atomic E-state index is 13.2. The fourth-order valence-electron chi connectivity index (χ4n) is 3.06. The van der Waals surface area contributed by atoms with Crippen LogP contribution in [0.4, 0.5) is 30.5 Å². The van der Waals surface area contributed by atoms with Crippen LogP contribution in [-0.2, 0) is 6.18 Å². The molecule has 1 aromatic heterocycles. The molecule has 9 heteroatoms. The second-order valence-corrected chi connectivity index (χ2v) is 6.43. The molecule has 0 aliphatic carbocycles. The zero-order valence-electron chi connectivity index (χ0n) is 15.0. The van der Waals surface area contributed by atoms with Crippen molar-refractivity contribution in [3.8, 4) is 6.07 Å². The summed E-state index contributed by atoms with van der Waals surface area (Å²) in [5.41, 5.74) is -0.898. The number of alkyl halides is 3. The molecule has 0 radical (unpaired) electrons. The Hall–Kier alpha value is -3.02. The first-order valence-corrected chi connectivity index (χ1v) is 8.42. The number of aromatic nitrogens is 2. The van der Waals surface area contributed by atoms with Gasteiger partial charge in [-0.3, -0.25) is 0 Å². The predicted molar refractivity (Wildman–Crippen MR) is 96.9 cm³/mol. The molecule has 1 saturated heterocycles. The lowest BCUT2D eigenvalue weighted by Gasteiger charge is -2.37. The van der Waals surface area contributed by atoms with Gasteiger partial charge in [0, 0.05) is 40.3 Å².